The van der Waals surface area contributed by atoms with Gasteiger partial charge in [0, 0.05) is 29.1 Å². The Balaban J connectivity index is 2.04. The van der Waals surface area contributed by atoms with Crippen LogP contribution in [-0.4, -0.2) is 14.9 Å². The average molecular weight is 333 g/mol. The lowest BCUT2D eigenvalue weighted by Crippen LogP contribution is -1.92. The van der Waals surface area contributed by atoms with Crippen molar-refractivity contribution in [3.05, 3.63) is 76.3 Å². The lowest BCUT2D eigenvalue weighted by atomic mass is 10.00. The molecule has 0 bridgehead atoms. The number of thiazole rings is 1. The first-order valence-electron chi connectivity index (χ1n) is 7.27. The van der Waals surface area contributed by atoms with E-state index in [1.807, 2.05) is 41.8 Å². The molecule has 116 valence electrons. The molecule has 0 spiro atoms. The lowest BCUT2D eigenvalue weighted by Gasteiger charge is -2.09. The van der Waals surface area contributed by atoms with Crippen molar-refractivity contribution >= 4 is 27.9 Å². The van der Waals surface area contributed by atoms with Gasteiger partial charge in [0.25, 0.3) is 5.69 Å². The Morgan fingerprint density at radius 1 is 1.04 bits per heavy atom. The summed E-state index contributed by atoms with van der Waals surface area (Å²) in [4.78, 5) is 19.7. The minimum atomic E-state index is -0.386. The third-order valence-corrected chi connectivity index (χ3v) is 4.53. The Kier molecular flexibility index (Phi) is 3.51. The molecule has 24 heavy (non-hydrogen) atoms. The number of fused-ring (bicyclic) bond motifs is 1. The number of pyridine rings is 1. The maximum atomic E-state index is 11.1. The van der Waals surface area contributed by atoms with Crippen LogP contribution in [0.3, 0.4) is 0 Å². The molecule has 4 rings (SSSR count). The van der Waals surface area contributed by atoms with Gasteiger partial charge in [-0.3, -0.25) is 10.1 Å². The number of nitrogens with zero attached hydrogens (tertiary/aromatic N) is 3. The average Bonchev–Trinajstić information content (AvgIpc) is 3.15. The van der Waals surface area contributed by atoms with E-state index >= 15 is 0 Å². The van der Waals surface area contributed by atoms with E-state index in [1.165, 1.54) is 17.4 Å². The normalized spacial score (nSPS) is 10.8. The van der Waals surface area contributed by atoms with Gasteiger partial charge in [0.05, 0.1) is 10.4 Å². The Morgan fingerprint density at radius 2 is 1.88 bits per heavy atom. The maximum Gasteiger partial charge on any atom is 0.270 e. The van der Waals surface area contributed by atoms with Crippen LogP contribution in [0.5, 0.6) is 0 Å². The van der Waals surface area contributed by atoms with E-state index in [4.69, 9.17) is 0 Å². The first-order valence-corrected chi connectivity index (χ1v) is 8.15. The molecular formula is C18H11N3O2S. The number of nitro benzene ring substituents is 1. The number of benzene rings is 2. The van der Waals surface area contributed by atoms with Crippen LogP contribution in [-0.2, 0) is 0 Å². The van der Waals surface area contributed by atoms with Gasteiger partial charge in [0.2, 0.25) is 0 Å². The van der Waals surface area contributed by atoms with Gasteiger partial charge >= 0.3 is 0 Å². The number of rotatable bonds is 3. The van der Waals surface area contributed by atoms with E-state index in [0.29, 0.717) is 5.52 Å². The van der Waals surface area contributed by atoms with Crippen molar-refractivity contribution in [1.82, 2.24) is 9.97 Å². The number of non-ortho nitro benzene ring substituents is 1. The molecule has 0 saturated heterocycles. The van der Waals surface area contributed by atoms with Gasteiger partial charge in [-0.1, -0.05) is 30.3 Å². The topological polar surface area (TPSA) is 68.9 Å². The van der Waals surface area contributed by atoms with Crippen molar-refractivity contribution in [3.63, 3.8) is 0 Å². The fourth-order valence-electron chi connectivity index (χ4n) is 2.64. The summed E-state index contributed by atoms with van der Waals surface area (Å²) in [5.41, 5.74) is 3.44. The highest BCUT2D eigenvalue weighted by Gasteiger charge is 2.14. The van der Waals surface area contributed by atoms with Crippen LogP contribution in [0.4, 0.5) is 5.69 Å². The second-order valence-electron chi connectivity index (χ2n) is 5.22. The zero-order valence-electron chi connectivity index (χ0n) is 12.4. The summed E-state index contributed by atoms with van der Waals surface area (Å²) in [7, 11) is 0. The monoisotopic (exact) mass is 333 g/mol. The third kappa shape index (κ3) is 2.53. The smallest absolute Gasteiger partial charge is 0.258 e. The van der Waals surface area contributed by atoms with Gasteiger partial charge in [-0.2, -0.15) is 0 Å². The quantitative estimate of drug-likeness (QED) is 0.393. The van der Waals surface area contributed by atoms with Crippen molar-refractivity contribution in [2.24, 2.45) is 0 Å². The molecule has 0 unspecified atom stereocenters. The van der Waals surface area contributed by atoms with Gasteiger partial charge in [-0.05, 0) is 23.3 Å². The fraction of sp³-hybridized carbons (Fsp3) is 0. The van der Waals surface area contributed by atoms with Crippen LogP contribution in [0.15, 0.2) is 66.2 Å². The molecule has 0 aliphatic heterocycles. The van der Waals surface area contributed by atoms with Crippen molar-refractivity contribution < 1.29 is 4.92 Å². The van der Waals surface area contributed by atoms with Crippen LogP contribution in [0.25, 0.3) is 32.7 Å². The second-order valence-corrected chi connectivity index (χ2v) is 6.11. The van der Waals surface area contributed by atoms with E-state index in [0.717, 1.165) is 27.2 Å². The first-order chi connectivity index (χ1) is 11.7. The molecule has 0 aliphatic rings. The van der Waals surface area contributed by atoms with E-state index in [2.05, 4.69) is 9.97 Å². The van der Waals surface area contributed by atoms with Crippen LogP contribution in [0.1, 0.15) is 0 Å². The molecule has 2 aromatic carbocycles. The molecule has 4 aromatic rings. The summed E-state index contributed by atoms with van der Waals surface area (Å²) >= 11 is 1.51. The SMILES string of the molecule is O=[N+]([O-])c1ccc2nc(-c3nccs3)cc(-c3ccccc3)c2c1. The van der Waals surface area contributed by atoms with Crippen molar-refractivity contribution in [1.29, 1.82) is 0 Å². The largest absolute Gasteiger partial charge is 0.270 e. The Morgan fingerprint density at radius 3 is 2.58 bits per heavy atom. The van der Waals surface area contributed by atoms with Crippen molar-refractivity contribution in [2.75, 3.05) is 0 Å². The minimum absolute atomic E-state index is 0.0588. The highest BCUT2D eigenvalue weighted by Crippen LogP contribution is 2.34. The molecule has 0 saturated carbocycles. The number of nitro groups is 1. The van der Waals surface area contributed by atoms with Gasteiger partial charge in [-0.15, -0.1) is 11.3 Å². The maximum absolute atomic E-state index is 11.1. The molecule has 0 aliphatic carbocycles. The summed E-state index contributed by atoms with van der Waals surface area (Å²) in [6.45, 7) is 0. The molecule has 0 fully saturated rings. The van der Waals surface area contributed by atoms with Gasteiger partial charge < -0.3 is 0 Å². The molecule has 5 nitrogen and oxygen atoms in total. The molecule has 2 heterocycles. The van der Waals surface area contributed by atoms with Gasteiger partial charge in [0.1, 0.15) is 10.7 Å². The number of hydrogen-bond acceptors (Lipinski definition) is 5. The van der Waals surface area contributed by atoms with E-state index in [1.54, 1.807) is 18.3 Å². The Hall–Kier alpha value is -3.12. The molecule has 0 atom stereocenters. The molecule has 2 aromatic heterocycles. The molecule has 0 radical (unpaired) electrons. The summed E-state index contributed by atoms with van der Waals surface area (Å²) in [5.74, 6) is 0. The standard InChI is InChI=1S/C18H11N3O2S/c22-21(23)13-6-7-16-15(10-13)14(12-4-2-1-3-5-12)11-17(20-16)18-19-8-9-24-18/h1-11H. The van der Waals surface area contributed by atoms with Crippen LogP contribution >= 0.6 is 11.3 Å². The molecular weight excluding hydrogens is 322 g/mol. The van der Waals surface area contributed by atoms with Gasteiger partial charge in [-0.25, -0.2) is 9.97 Å². The van der Waals surface area contributed by atoms with Crippen molar-refractivity contribution in [3.8, 4) is 21.8 Å². The van der Waals surface area contributed by atoms with Crippen molar-refractivity contribution in [2.45, 2.75) is 0 Å². The summed E-state index contributed by atoms with van der Waals surface area (Å²) in [6, 6.07) is 16.5. The number of aromatic nitrogens is 2. The van der Waals surface area contributed by atoms with E-state index in [-0.39, 0.29) is 10.6 Å². The minimum Gasteiger partial charge on any atom is -0.258 e. The van der Waals surface area contributed by atoms with E-state index < -0.39 is 0 Å². The lowest BCUT2D eigenvalue weighted by molar-refractivity contribution is -0.384. The highest BCUT2D eigenvalue weighted by atomic mass is 32.1. The van der Waals surface area contributed by atoms with Gasteiger partial charge in [0.15, 0.2) is 0 Å². The summed E-state index contributed by atoms with van der Waals surface area (Å²) < 4.78 is 0. The second kappa shape index (κ2) is 5.82. The third-order valence-electron chi connectivity index (χ3n) is 3.74. The van der Waals surface area contributed by atoms with Crippen LogP contribution in [0.2, 0.25) is 0 Å². The Bertz CT molecular complexity index is 1030. The number of hydrogen-bond donors (Lipinski definition) is 0. The fourth-order valence-corrected chi connectivity index (χ4v) is 3.24. The summed E-state index contributed by atoms with van der Waals surface area (Å²) in [5, 5.41) is 14.6. The zero-order chi connectivity index (χ0) is 16.5. The van der Waals surface area contributed by atoms with Crippen LogP contribution in [0, 0.1) is 10.1 Å². The summed E-state index contributed by atoms with van der Waals surface area (Å²) in [6.07, 6.45) is 1.74. The first kappa shape index (κ1) is 14.5. The Labute approximate surface area is 141 Å². The molecule has 6 heteroatoms. The molecule has 0 N–H and O–H groups in total. The van der Waals surface area contributed by atoms with Crippen LogP contribution < -0.4 is 0 Å². The zero-order valence-corrected chi connectivity index (χ0v) is 13.2. The predicted molar refractivity (Wildman–Crippen MR) is 94.9 cm³/mol. The highest BCUT2D eigenvalue weighted by molar-refractivity contribution is 7.13. The predicted octanol–water partition coefficient (Wildman–Crippen LogP) is 4.93. The molecule has 0 amide bonds. The van der Waals surface area contributed by atoms with E-state index in [9.17, 15) is 10.1 Å².